The molecule has 23 nitrogen and oxygen atoms in total. The van der Waals surface area contributed by atoms with E-state index in [0.717, 1.165) is 43.8 Å². The van der Waals surface area contributed by atoms with Gasteiger partial charge < -0.3 is 33.8 Å². The Labute approximate surface area is 439 Å². The van der Waals surface area contributed by atoms with Gasteiger partial charge in [0, 0.05) is 63.4 Å². The molecule has 76 heavy (non-hydrogen) atoms. The molecule has 6 aromatic rings. The van der Waals surface area contributed by atoms with Gasteiger partial charge in [0.25, 0.3) is 10.1 Å². The zero-order chi connectivity index (χ0) is 53.4. The molecular formula is C49H55N13O10SSi3. The number of nitrogens with one attached hydrogen (secondary N) is 3. The van der Waals surface area contributed by atoms with Crippen LogP contribution in [0.4, 0.5) is 16.4 Å². The summed E-state index contributed by atoms with van der Waals surface area (Å²) in [4.78, 5) is 74.0. The Hall–Kier alpha value is -7.19. The van der Waals surface area contributed by atoms with E-state index >= 15 is 0 Å². The number of aliphatic imine (C=N–C) groups is 4. The maximum atomic E-state index is 12.9. The van der Waals surface area contributed by atoms with E-state index in [1.807, 2.05) is 97.1 Å². The van der Waals surface area contributed by atoms with Gasteiger partial charge in [-0.25, -0.2) is 39.5 Å². The maximum absolute atomic E-state index is 12.9. The average Bonchev–Trinajstić information content (AvgIpc) is 4.17. The number of fused-ring (bicyclic) bond motifs is 14. The van der Waals surface area contributed by atoms with Crippen LogP contribution in [0.25, 0.3) is 21.5 Å². The summed E-state index contributed by atoms with van der Waals surface area (Å²) in [6.45, 7) is 7.90. The van der Waals surface area contributed by atoms with Gasteiger partial charge in [-0.05, 0) is 51.1 Å². The number of ether oxygens (including phenoxy) is 1. The molecule has 1 atom stereocenters. The summed E-state index contributed by atoms with van der Waals surface area (Å²) >= 11 is 0. The number of urea groups is 1. The summed E-state index contributed by atoms with van der Waals surface area (Å²) in [5.74, 6) is 10.8. The first-order chi connectivity index (χ1) is 36.5. The molecule has 3 amide bonds. The molecule has 0 radical (unpaired) electrons. The lowest BCUT2D eigenvalue weighted by atomic mass is 10.1. The lowest BCUT2D eigenvalue weighted by Gasteiger charge is -2.43. The fraction of sp³-hybridized carbons (Fsp3) is 0.286. The van der Waals surface area contributed by atoms with E-state index in [1.165, 1.54) is 0 Å². The van der Waals surface area contributed by atoms with Crippen molar-refractivity contribution in [3.05, 3.63) is 130 Å². The number of hydrogen-bond acceptors (Lipinski definition) is 18. The predicted molar refractivity (Wildman–Crippen MR) is 292 cm³/mol. The zero-order valence-corrected chi connectivity index (χ0v) is 45.8. The van der Waals surface area contributed by atoms with Crippen molar-refractivity contribution in [2.45, 2.75) is 51.1 Å². The van der Waals surface area contributed by atoms with E-state index in [2.05, 4.69) is 59.7 Å². The second kappa shape index (κ2) is 21.1. The summed E-state index contributed by atoms with van der Waals surface area (Å²) in [5, 5.41) is 11.3. The highest BCUT2D eigenvalue weighted by Gasteiger charge is 2.58. The van der Waals surface area contributed by atoms with Crippen molar-refractivity contribution >= 4 is 110 Å². The van der Waals surface area contributed by atoms with Gasteiger partial charge in [0.15, 0.2) is 40.0 Å². The SMILES string of the molecule is C[Si](C)(CCCNC(=O)COCC(=O)ON)O[Si]1(O[Si](C)(C)CCCNC(=O)NCCS(=O)(=O)ON)n2c3c4ccccc4c2N=C2N=C(N=c4c5ccccc5c(n41)=NC1=NC(=N3)c3ccccc31)c1ccccc12. The quantitative estimate of drug-likeness (QED) is 0.0416. The van der Waals surface area contributed by atoms with E-state index in [4.69, 9.17) is 54.7 Å². The van der Waals surface area contributed by atoms with Crippen LogP contribution in [0.2, 0.25) is 38.3 Å². The number of nitrogens with zero attached hydrogens (tertiary/aromatic N) is 8. The van der Waals surface area contributed by atoms with Crippen molar-refractivity contribution in [3.63, 3.8) is 0 Å². The second-order valence-corrected chi connectivity index (χ2v) is 32.8. The molecule has 7 N–H and O–H groups in total. The highest BCUT2D eigenvalue weighted by Crippen LogP contribution is 2.45. The van der Waals surface area contributed by atoms with Crippen molar-refractivity contribution < 1.29 is 44.9 Å². The molecule has 394 valence electrons. The summed E-state index contributed by atoms with van der Waals surface area (Å²) in [6.07, 6.45) is 0.968. The van der Waals surface area contributed by atoms with Crippen LogP contribution in [0, 0.1) is 0 Å². The third-order valence-electron chi connectivity index (χ3n) is 13.0. The van der Waals surface area contributed by atoms with Crippen molar-refractivity contribution in [1.29, 1.82) is 0 Å². The average molecular weight is 1100 g/mol. The molecule has 27 heteroatoms. The lowest BCUT2D eigenvalue weighted by Crippen LogP contribution is -2.70. The summed E-state index contributed by atoms with van der Waals surface area (Å²) < 4.78 is 53.3. The fourth-order valence-corrected chi connectivity index (χ4v) is 22.7. The van der Waals surface area contributed by atoms with Crippen molar-refractivity contribution in [2.24, 2.45) is 41.7 Å². The minimum Gasteiger partial charge on any atom is -0.404 e. The summed E-state index contributed by atoms with van der Waals surface area (Å²) in [7, 11) is -14.8. The molecule has 0 saturated carbocycles. The standard InChI is InChI=1S/C49H55N13O10SSi3/c1-74(2,27-13-23-52-39(63)29-68-30-40(64)69-50)71-76(72-75(3,4)28-14-24-53-49(65)54-25-26-73(66,67)70-51)61-45-35-19-9-10-20-36(35)47(61)59-43-33-17-7-8-18-34(33)44(56-43)60-48-38-22-12-11-21-37(38)46(62(48)76)58-42-32-16-6-5-15-31(32)41(55-42)57-45/h5-12,15-22H,13-14,23-30,50-51H2,1-4H3,(H,52,63)(H2,53,54,65). The van der Waals surface area contributed by atoms with Crippen molar-refractivity contribution in [3.8, 4) is 0 Å². The lowest BCUT2D eigenvalue weighted by molar-refractivity contribution is -0.150. The smallest absolute Gasteiger partial charge is 0.404 e. The molecule has 1 unspecified atom stereocenters. The van der Waals surface area contributed by atoms with E-state index in [0.29, 0.717) is 70.9 Å². The Kier molecular flexibility index (Phi) is 14.5. The molecule has 4 aliphatic rings. The van der Waals surface area contributed by atoms with Crippen LogP contribution in [0.5, 0.6) is 0 Å². The van der Waals surface area contributed by atoms with E-state index < -0.39 is 65.9 Å². The predicted octanol–water partition coefficient (Wildman–Crippen LogP) is 3.66. The second-order valence-electron chi connectivity index (χ2n) is 19.5. The molecule has 6 bridgehead atoms. The molecule has 2 aromatic heterocycles. The Balaban J connectivity index is 1.19. The van der Waals surface area contributed by atoms with Crippen LogP contribution in [-0.4, -0.2) is 122 Å². The van der Waals surface area contributed by atoms with Crippen LogP contribution in [0.3, 0.4) is 0 Å². The number of rotatable bonds is 20. The first kappa shape index (κ1) is 52.3. The molecule has 4 aliphatic heterocycles. The van der Waals surface area contributed by atoms with Gasteiger partial charge in [-0.1, -0.05) is 97.1 Å². The summed E-state index contributed by atoms with van der Waals surface area (Å²) in [5.41, 5.74) is 4.14. The van der Waals surface area contributed by atoms with Crippen LogP contribution < -0.4 is 38.7 Å². The maximum Gasteiger partial charge on any atom is 0.582 e. The Morgan fingerprint density at radius 2 is 1.00 bits per heavy atom. The highest BCUT2D eigenvalue weighted by atomic mass is 32.2. The molecule has 4 aromatic carbocycles. The molecular weight excluding hydrogens is 1050 g/mol. The van der Waals surface area contributed by atoms with Gasteiger partial charge in [-0.15, -0.1) is 0 Å². The van der Waals surface area contributed by atoms with E-state index in [1.54, 1.807) is 0 Å². The minimum atomic E-state index is -4.61. The largest absolute Gasteiger partial charge is 0.582 e. The van der Waals surface area contributed by atoms with Crippen LogP contribution in [0.15, 0.2) is 127 Å². The summed E-state index contributed by atoms with van der Waals surface area (Å²) in [6, 6.07) is 32.1. The number of amidine groups is 4. The number of carbonyl (C=O) groups is 3. The highest BCUT2D eigenvalue weighted by molar-refractivity contribution is 7.86. The molecule has 0 saturated heterocycles. The van der Waals surface area contributed by atoms with Crippen molar-refractivity contribution in [2.75, 3.05) is 38.6 Å². The molecule has 0 spiro atoms. The van der Waals surface area contributed by atoms with Crippen molar-refractivity contribution in [1.82, 2.24) is 24.4 Å². The van der Waals surface area contributed by atoms with Gasteiger partial charge in [0.2, 0.25) is 5.91 Å². The first-order valence-electron chi connectivity index (χ1n) is 24.5. The molecule has 0 aliphatic carbocycles. The monoisotopic (exact) mass is 1100 g/mol. The van der Waals surface area contributed by atoms with Crippen LogP contribution in [-0.2, 0) is 41.8 Å². The van der Waals surface area contributed by atoms with Crippen LogP contribution >= 0.6 is 0 Å². The third-order valence-corrected chi connectivity index (χ3v) is 25.7. The molecule has 0 fully saturated rings. The number of amides is 3. The minimum absolute atomic E-state index is 0.209. The topological polar surface area (TPSA) is 304 Å². The first-order valence-corrected chi connectivity index (χ1v) is 34.0. The fourth-order valence-electron chi connectivity index (χ4n) is 9.63. The molecule has 10 rings (SSSR count). The number of carbonyl (C=O) groups excluding carboxylic acids is 3. The Morgan fingerprint density at radius 1 is 0.566 bits per heavy atom. The number of benzene rings is 4. The number of aromatic nitrogens is 2. The normalized spacial score (nSPS) is 16.3. The molecule has 6 heterocycles. The Bertz CT molecular complexity index is 3560. The van der Waals surface area contributed by atoms with Crippen LogP contribution in [0.1, 0.15) is 35.1 Å². The Morgan fingerprint density at radius 3 is 1.47 bits per heavy atom. The van der Waals surface area contributed by atoms with E-state index in [9.17, 15) is 22.8 Å². The van der Waals surface area contributed by atoms with Gasteiger partial charge in [-0.3, -0.25) is 13.3 Å². The number of hydrogen-bond donors (Lipinski definition) is 5. The number of nitrogens with two attached hydrogens (primary N) is 2. The zero-order valence-electron chi connectivity index (χ0n) is 42.0. The van der Waals surface area contributed by atoms with Gasteiger partial charge in [0.05, 0.1) is 5.75 Å². The third kappa shape index (κ3) is 10.4. The van der Waals surface area contributed by atoms with Gasteiger partial charge >= 0.3 is 20.9 Å². The van der Waals surface area contributed by atoms with Gasteiger partial charge in [-0.2, -0.15) is 24.5 Å². The van der Waals surface area contributed by atoms with E-state index in [-0.39, 0.29) is 26.2 Å². The van der Waals surface area contributed by atoms with Gasteiger partial charge in [0.1, 0.15) is 35.8 Å².